The van der Waals surface area contributed by atoms with E-state index in [-0.39, 0.29) is 0 Å². The van der Waals surface area contributed by atoms with E-state index in [2.05, 4.69) is 5.32 Å². The van der Waals surface area contributed by atoms with Crippen LogP contribution in [0.2, 0.25) is 0 Å². The van der Waals surface area contributed by atoms with Gasteiger partial charge in [-0.05, 0) is 13.8 Å². The van der Waals surface area contributed by atoms with Crippen LogP contribution in [0.3, 0.4) is 0 Å². The fraction of sp³-hybridized carbons (Fsp3) is 0.375. The van der Waals surface area contributed by atoms with Crippen molar-refractivity contribution in [3.63, 3.8) is 0 Å². The summed E-state index contributed by atoms with van der Waals surface area (Å²) in [6, 6.07) is 0. The maximum absolute atomic E-state index is 10.5. The molecule has 1 aliphatic rings. The van der Waals surface area contributed by atoms with Crippen LogP contribution in [0.5, 0.6) is 0 Å². The third kappa shape index (κ3) is 1.61. The van der Waals surface area contributed by atoms with Crippen molar-refractivity contribution in [3.05, 3.63) is 23.0 Å². The molecular formula is C8H11NO2. The number of carbonyl (C=O) groups is 1. The second-order valence-electron chi connectivity index (χ2n) is 2.62. The Morgan fingerprint density at radius 3 is 2.73 bits per heavy atom. The molecule has 0 aromatic rings. The highest BCUT2D eigenvalue weighted by Gasteiger charge is 2.13. The zero-order valence-electron chi connectivity index (χ0n) is 6.64. The van der Waals surface area contributed by atoms with Crippen molar-refractivity contribution in [1.29, 1.82) is 0 Å². The van der Waals surface area contributed by atoms with Crippen LogP contribution < -0.4 is 5.32 Å². The van der Waals surface area contributed by atoms with Gasteiger partial charge in [0.25, 0.3) is 0 Å². The zero-order valence-corrected chi connectivity index (χ0v) is 6.64. The molecule has 0 saturated carbocycles. The first kappa shape index (κ1) is 7.85. The molecule has 60 valence electrons. The zero-order chi connectivity index (χ0) is 8.43. The average molecular weight is 153 g/mol. The first-order valence-electron chi connectivity index (χ1n) is 3.48. The van der Waals surface area contributed by atoms with Gasteiger partial charge in [0.05, 0.1) is 5.57 Å². The molecule has 0 aromatic carbocycles. The molecule has 0 aliphatic carbocycles. The molecule has 1 rings (SSSR count). The lowest BCUT2D eigenvalue weighted by atomic mass is 10.1. The molecule has 2 N–H and O–H groups in total. The van der Waals surface area contributed by atoms with E-state index in [0.29, 0.717) is 12.0 Å². The summed E-state index contributed by atoms with van der Waals surface area (Å²) >= 11 is 0. The first-order chi connectivity index (χ1) is 5.11. The van der Waals surface area contributed by atoms with Gasteiger partial charge >= 0.3 is 5.97 Å². The van der Waals surface area contributed by atoms with Crippen molar-refractivity contribution in [3.8, 4) is 0 Å². The van der Waals surface area contributed by atoms with Crippen molar-refractivity contribution in [2.45, 2.75) is 20.3 Å². The van der Waals surface area contributed by atoms with Gasteiger partial charge in [0, 0.05) is 17.8 Å². The number of hydrogen-bond donors (Lipinski definition) is 2. The summed E-state index contributed by atoms with van der Waals surface area (Å²) < 4.78 is 0. The smallest absolute Gasteiger partial charge is 0.333 e. The Morgan fingerprint density at radius 2 is 2.27 bits per heavy atom. The number of aliphatic carboxylic acids is 1. The van der Waals surface area contributed by atoms with Gasteiger partial charge in [-0.3, -0.25) is 0 Å². The summed E-state index contributed by atoms with van der Waals surface area (Å²) in [6.07, 6.45) is 2.40. The lowest BCUT2D eigenvalue weighted by Gasteiger charge is -2.15. The van der Waals surface area contributed by atoms with Crippen LogP contribution in [-0.2, 0) is 4.79 Å². The van der Waals surface area contributed by atoms with E-state index in [1.54, 1.807) is 6.92 Å². The van der Waals surface area contributed by atoms with Gasteiger partial charge in [-0.15, -0.1) is 0 Å². The Kier molecular flexibility index (Phi) is 1.98. The molecule has 0 atom stereocenters. The van der Waals surface area contributed by atoms with E-state index < -0.39 is 5.97 Å². The van der Waals surface area contributed by atoms with E-state index in [1.165, 1.54) is 0 Å². The van der Waals surface area contributed by atoms with E-state index in [1.807, 2.05) is 13.0 Å². The molecule has 0 unspecified atom stereocenters. The number of rotatable bonds is 1. The highest BCUT2D eigenvalue weighted by molar-refractivity contribution is 5.88. The molecule has 0 fully saturated rings. The molecule has 0 saturated heterocycles. The molecule has 0 aromatic heterocycles. The molecular weight excluding hydrogens is 142 g/mol. The van der Waals surface area contributed by atoms with Crippen LogP contribution in [-0.4, -0.2) is 11.1 Å². The van der Waals surface area contributed by atoms with Crippen LogP contribution in [0, 0.1) is 0 Å². The standard InChI is InChI=1S/C8H11NO2/c1-5-3-4-7(8(10)11)6(2)9-5/h3,9H,4H2,1-2H3,(H,10,11). The van der Waals surface area contributed by atoms with Gasteiger partial charge in [0.15, 0.2) is 0 Å². The number of carboxylic acids is 1. The quantitative estimate of drug-likeness (QED) is 0.596. The van der Waals surface area contributed by atoms with Crippen molar-refractivity contribution in [2.24, 2.45) is 0 Å². The Labute approximate surface area is 65.4 Å². The maximum atomic E-state index is 10.5. The molecule has 3 heteroatoms. The van der Waals surface area contributed by atoms with Gasteiger partial charge in [0.1, 0.15) is 0 Å². The highest BCUT2D eigenvalue weighted by Crippen LogP contribution is 2.14. The maximum Gasteiger partial charge on any atom is 0.333 e. The van der Waals surface area contributed by atoms with E-state index in [4.69, 9.17) is 5.11 Å². The summed E-state index contributed by atoms with van der Waals surface area (Å²) in [5.74, 6) is -0.834. The lowest BCUT2D eigenvalue weighted by Crippen LogP contribution is -2.18. The van der Waals surface area contributed by atoms with Crippen molar-refractivity contribution in [2.75, 3.05) is 0 Å². The highest BCUT2D eigenvalue weighted by atomic mass is 16.4. The average Bonchev–Trinajstić information content (AvgIpc) is 1.85. The molecule has 0 spiro atoms. The van der Waals surface area contributed by atoms with E-state index in [0.717, 1.165) is 11.4 Å². The molecule has 3 nitrogen and oxygen atoms in total. The molecule has 0 bridgehead atoms. The topological polar surface area (TPSA) is 49.3 Å². The Hall–Kier alpha value is -1.25. The van der Waals surface area contributed by atoms with Gasteiger partial charge in [-0.1, -0.05) is 6.08 Å². The normalized spacial score (nSPS) is 17.5. The summed E-state index contributed by atoms with van der Waals surface area (Å²) in [4.78, 5) is 10.5. The summed E-state index contributed by atoms with van der Waals surface area (Å²) in [5, 5.41) is 11.6. The molecule has 1 aliphatic heterocycles. The summed E-state index contributed by atoms with van der Waals surface area (Å²) in [5.41, 5.74) is 2.22. The van der Waals surface area contributed by atoms with Crippen molar-refractivity contribution < 1.29 is 9.90 Å². The largest absolute Gasteiger partial charge is 0.478 e. The Morgan fingerprint density at radius 1 is 1.64 bits per heavy atom. The van der Waals surface area contributed by atoms with E-state index >= 15 is 0 Å². The third-order valence-corrected chi connectivity index (χ3v) is 1.71. The van der Waals surface area contributed by atoms with Gasteiger partial charge in [0.2, 0.25) is 0 Å². The van der Waals surface area contributed by atoms with Crippen molar-refractivity contribution >= 4 is 5.97 Å². The Bertz CT molecular complexity index is 251. The third-order valence-electron chi connectivity index (χ3n) is 1.71. The van der Waals surface area contributed by atoms with Gasteiger partial charge in [-0.25, -0.2) is 4.79 Å². The van der Waals surface area contributed by atoms with Crippen LogP contribution in [0.15, 0.2) is 23.0 Å². The monoisotopic (exact) mass is 153 g/mol. The number of allylic oxidation sites excluding steroid dienone is 3. The molecule has 11 heavy (non-hydrogen) atoms. The minimum Gasteiger partial charge on any atom is -0.478 e. The predicted octanol–water partition coefficient (Wildman–Crippen LogP) is 1.24. The minimum atomic E-state index is -0.834. The van der Waals surface area contributed by atoms with Crippen LogP contribution in [0.1, 0.15) is 20.3 Å². The van der Waals surface area contributed by atoms with Crippen LogP contribution >= 0.6 is 0 Å². The van der Waals surface area contributed by atoms with Gasteiger partial charge < -0.3 is 10.4 Å². The Balaban J connectivity index is 2.83. The fourth-order valence-electron chi connectivity index (χ4n) is 1.08. The molecule has 0 radical (unpaired) electrons. The summed E-state index contributed by atoms with van der Waals surface area (Å²) in [7, 11) is 0. The number of hydrogen-bond acceptors (Lipinski definition) is 2. The minimum absolute atomic E-state index is 0.454. The van der Waals surface area contributed by atoms with Crippen LogP contribution in [0.25, 0.3) is 0 Å². The number of dihydropyridines is 1. The van der Waals surface area contributed by atoms with Crippen molar-refractivity contribution in [1.82, 2.24) is 5.32 Å². The number of nitrogens with one attached hydrogen (secondary N) is 1. The first-order valence-corrected chi connectivity index (χ1v) is 3.48. The van der Waals surface area contributed by atoms with E-state index in [9.17, 15) is 4.79 Å². The lowest BCUT2D eigenvalue weighted by molar-refractivity contribution is -0.132. The fourth-order valence-corrected chi connectivity index (χ4v) is 1.08. The number of carboxylic acid groups (broad SMARTS) is 1. The summed E-state index contributed by atoms with van der Waals surface area (Å²) in [6.45, 7) is 3.70. The second kappa shape index (κ2) is 2.78. The molecule has 1 heterocycles. The second-order valence-corrected chi connectivity index (χ2v) is 2.62. The van der Waals surface area contributed by atoms with Crippen LogP contribution in [0.4, 0.5) is 0 Å². The SMILES string of the molecule is CC1=CCC(C(=O)O)=C(C)N1. The predicted molar refractivity (Wildman–Crippen MR) is 41.8 cm³/mol. The van der Waals surface area contributed by atoms with Gasteiger partial charge in [-0.2, -0.15) is 0 Å². The molecule has 0 amide bonds.